The maximum atomic E-state index is 10.6. The molecule has 3 heteroatoms. The summed E-state index contributed by atoms with van der Waals surface area (Å²) >= 11 is 0. The van der Waals surface area contributed by atoms with Crippen molar-refractivity contribution in [3.8, 4) is 0 Å². The van der Waals surface area contributed by atoms with Gasteiger partial charge in [-0.3, -0.25) is 0 Å². The zero-order chi connectivity index (χ0) is 9.40. The average molecular weight is 167 g/mol. The second-order valence-electron chi connectivity index (χ2n) is 2.01. The summed E-state index contributed by atoms with van der Waals surface area (Å²) in [5.41, 5.74) is 0.814. The molecule has 0 atom stereocenters. The minimum absolute atomic E-state index is 0.217. The molecule has 66 valence electrons. The topological polar surface area (TPSA) is 38.3 Å². The number of carbonyl (C=O) groups is 1. The highest BCUT2D eigenvalue weighted by Gasteiger charge is 1.97. The normalized spacial score (nSPS) is 10.2. The van der Waals surface area contributed by atoms with Gasteiger partial charge >= 0.3 is 6.09 Å². The third kappa shape index (κ3) is 4.33. The first kappa shape index (κ1) is 10.5. The van der Waals surface area contributed by atoms with Crippen LogP contribution in [0.2, 0.25) is 0 Å². The highest BCUT2D eigenvalue weighted by molar-refractivity contribution is 5.66. The molecular weight excluding hydrogens is 154 g/mol. The number of hydrogen-bond acceptors (Lipinski definition) is 2. The van der Waals surface area contributed by atoms with Crippen LogP contribution in [0, 0.1) is 0 Å². The third-order valence-electron chi connectivity index (χ3n) is 1.17. The quantitative estimate of drug-likeness (QED) is 0.646. The van der Waals surface area contributed by atoms with E-state index in [9.17, 15) is 4.79 Å². The first-order valence-electron chi connectivity index (χ1n) is 3.53. The smallest absolute Gasteiger partial charge is 0.407 e. The molecule has 1 amide bonds. The van der Waals surface area contributed by atoms with Gasteiger partial charge in [-0.2, -0.15) is 0 Å². The molecule has 0 rings (SSSR count). The van der Waals surface area contributed by atoms with E-state index in [1.807, 2.05) is 0 Å². The molecule has 3 nitrogen and oxygen atoms in total. The second-order valence-corrected chi connectivity index (χ2v) is 2.01. The summed E-state index contributed by atoms with van der Waals surface area (Å²) in [4.78, 5) is 10.6. The lowest BCUT2D eigenvalue weighted by Gasteiger charge is -2.03. The molecule has 0 spiro atoms. The van der Waals surface area contributed by atoms with Gasteiger partial charge in [0.1, 0.15) is 6.61 Å². The molecule has 0 unspecified atom stereocenters. The number of ether oxygens (including phenoxy) is 1. The van der Waals surface area contributed by atoms with Gasteiger partial charge in [0.15, 0.2) is 0 Å². The van der Waals surface area contributed by atoms with E-state index in [0.717, 1.165) is 5.57 Å². The van der Waals surface area contributed by atoms with E-state index in [1.165, 1.54) is 7.05 Å². The van der Waals surface area contributed by atoms with Crippen molar-refractivity contribution in [2.75, 3.05) is 13.7 Å². The van der Waals surface area contributed by atoms with Crippen LogP contribution in [0.25, 0.3) is 0 Å². The van der Waals surface area contributed by atoms with Crippen molar-refractivity contribution in [1.82, 2.24) is 5.32 Å². The van der Waals surface area contributed by atoms with E-state index in [1.54, 1.807) is 18.2 Å². The molecule has 0 aromatic rings. The molecule has 0 saturated heterocycles. The molecule has 12 heavy (non-hydrogen) atoms. The monoisotopic (exact) mass is 167 g/mol. The van der Waals surface area contributed by atoms with E-state index in [-0.39, 0.29) is 6.61 Å². The number of hydrogen-bond donors (Lipinski definition) is 1. The van der Waals surface area contributed by atoms with Crippen LogP contribution in [0.4, 0.5) is 4.79 Å². The van der Waals surface area contributed by atoms with Crippen LogP contribution in [0.1, 0.15) is 0 Å². The summed E-state index contributed by atoms with van der Waals surface area (Å²) < 4.78 is 4.76. The summed E-state index contributed by atoms with van der Waals surface area (Å²) in [7, 11) is 1.51. The molecule has 0 saturated carbocycles. The highest BCUT2D eigenvalue weighted by Crippen LogP contribution is 1.96. The van der Waals surface area contributed by atoms with Crippen molar-refractivity contribution in [1.29, 1.82) is 0 Å². The van der Waals surface area contributed by atoms with Crippen LogP contribution >= 0.6 is 0 Å². The number of nitrogens with one attached hydrogen (secondary N) is 1. The van der Waals surface area contributed by atoms with Crippen molar-refractivity contribution in [3.05, 3.63) is 37.0 Å². The van der Waals surface area contributed by atoms with Gasteiger partial charge in [0.25, 0.3) is 0 Å². The van der Waals surface area contributed by atoms with Crippen molar-refractivity contribution < 1.29 is 9.53 Å². The number of amides is 1. The van der Waals surface area contributed by atoms with Gasteiger partial charge in [0.05, 0.1) is 0 Å². The fraction of sp³-hybridized carbons (Fsp3) is 0.222. The molecule has 0 aromatic carbocycles. The SMILES string of the molecule is C=C/C=C(\C=C)COC(=O)NC. The summed E-state index contributed by atoms with van der Waals surface area (Å²) in [6, 6.07) is 0. The Balaban J connectivity index is 3.88. The number of rotatable bonds is 4. The van der Waals surface area contributed by atoms with Gasteiger partial charge in [0, 0.05) is 7.05 Å². The Labute approximate surface area is 72.4 Å². The summed E-state index contributed by atoms with van der Waals surface area (Å²) in [6.07, 6.45) is 4.51. The van der Waals surface area contributed by atoms with E-state index in [2.05, 4.69) is 18.5 Å². The van der Waals surface area contributed by atoms with E-state index in [0.29, 0.717) is 0 Å². The van der Waals surface area contributed by atoms with Crippen molar-refractivity contribution in [2.24, 2.45) is 0 Å². The van der Waals surface area contributed by atoms with Crippen molar-refractivity contribution in [3.63, 3.8) is 0 Å². The zero-order valence-electron chi connectivity index (χ0n) is 7.17. The van der Waals surface area contributed by atoms with Gasteiger partial charge in [-0.05, 0) is 5.57 Å². The van der Waals surface area contributed by atoms with Gasteiger partial charge in [-0.15, -0.1) is 0 Å². The molecule has 0 fully saturated rings. The third-order valence-corrected chi connectivity index (χ3v) is 1.17. The van der Waals surface area contributed by atoms with Crippen LogP contribution < -0.4 is 5.32 Å². The Morgan fingerprint density at radius 1 is 1.58 bits per heavy atom. The Bertz CT molecular complexity index is 207. The summed E-state index contributed by atoms with van der Waals surface area (Å²) in [6.45, 7) is 7.29. The molecule has 0 aliphatic rings. The lowest BCUT2D eigenvalue weighted by molar-refractivity contribution is 0.159. The molecule has 0 aromatic heterocycles. The molecule has 0 aliphatic heterocycles. The maximum absolute atomic E-state index is 10.6. The lowest BCUT2D eigenvalue weighted by Crippen LogP contribution is -2.19. The summed E-state index contributed by atoms with van der Waals surface area (Å²) in [5, 5.41) is 2.34. The van der Waals surface area contributed by atoms with Crippen molar-refractivity contribution in [2.45, 2.75) is 0 Å². The van der Waals surface area contributed by atoms with E-state index >= 15 is 0 Å². The van der Waals surface area contributed by atoms with Crippen LogP contribution in [-0.4, -0.2) is 19.7 Å². The lowest BCUT2D eigenvalue weighted by atomic mass is 10.2. The molecule has 0 radical (unpaired) electrons. The van der Waals surface area contributed by atoms with Gasteiger partial charge in [0.2, 0.25) is 0 Å². The first-order chi connectivity index (χ1) is 5.74. The standard InChI is InChI=1S/C9H13NO2/c1-4-6-8(5-2)7-12-9(11)10-3/h4-6H,1-2,7H2,3H3,(H,10,11)/b8-6+. The predicted octanol–water partition coefficient (Wildman–Crippen LogP) is 1.64. The fourth-order valence-corrected chi connectivity index (χ4v) is 0.548. The number of alkyl carbamates (subject to hydrolysis) is 1. The van der Waals surface area contributed by atoms with E-state index < -0.39 is 6.09 Å². The fourth-order valence-electron chi connectivity index (χ4n) is 0.548. The van der Waals surface area contributed by atoms with Gasteiger partial charge in [-0.1, -0.05) is 31.4 Å². The molecule has 0 heterocycles. The number of carbonyl (C=O) groups excluding carboxylic acids is 1. The zero-order valence-corrected chi connectivity index (χ0v) is 7.17. The highest BCUT2D eigenvalue weighted by atomic mass is 16.5. The Hall–Kier alpha value is -1.51. The average Bonchev–Trinajstić information content (AvgIpc) is 2.11. The number of allylic oxidation sites excluding steroid dienone is 2. The maximum Gasteiger partial charge on any atom is 0.407 e. The molecule has 0 aliphatic carbocycles. The van der Waals surface area contributed by atoms with Crippen molar-refractivity contribution >= 4 is 6.09 Å². The Morgan fingerprint density at radius 2 is 2.25 bits per heavy atom. The molecular formula is C9H13NO2. The minimum atomic E-state index is -0.452. The van der Waals surface area contributed by atoms with Crippen LogP contribution in [0.5, 0.6) is 0 Å². The van der Waals surface area contributed by atoms with E-state index in [4.69, 9.17) is 4.74 Å². The predicted molar refractivity (Wildman–Crippen MR) is 48.9 cm³/mol. The second kappa shape index (κ2) is 6.22. The molecule has 1 N–H and O–H groups in total. The van der Waals surface area contributed by atoms with Gasteiger partial charge < -0.3 is 10.1 Å². The Morgan fingerprint density at radius 3 is 2.67 bits per heavy atom. The Kier molecular flexibility index (Phi) is 5.43. The molecule has 0 bridgehead atoms. The minimum Gasteiger partial charge on any atom is -0.445 e. The van der Waals surface area contributed by atoms with Crippen LogP contribution in [-0.2, 0) is 4.74 Å². The van der Waals surface area contributed by atoms with Crippen LogP contribution in [0.3, 0.4) is 0 Å². The van der Waals surface area contributed by atoms with Crippen LogP contribution in [0.15, 0.2) is 37.0 Å². The largest absolute Gasteiger partial charge is 0.445 e. The first-order valence-corrected chi connectivity index (χ1v) is 3.53. The van der Waals surface area contributed by atoms with Gasteiger partial charge in [-0.25, -0.2) is 4.79 Å². The summed E-state index contributed by atoms with van der Waals surface area (Å²) in [5.74, 6) is 0.